The molecule has 0 radical (unpaired) electrons. The summed E-state index contributed by atoms with van der Waals surface area (Å²) in [6, 6.07) is 4.20. The lowest BCUT2D eigenvalue weighted by Crippen LogP contribution is -2.45. The van der Waals surface area contributed by atoms with Crippen LogP contribution in [0.15, 0.2) is 22.7 Å². The Kier molecular flexibility index (Phi) is 5.56. The summed E-state index contributed by atoms with van der Waals surface area (Å²) in [6.07, 6.45) is 1.83. The highest BCUT2D eigenvalue weighted by atomic mass is 79.9. The van der Waals surface area contributed by atoms with Gasteiger partial charge in [-0.2, -0.15) is 0 Å². The molecule has 0 aromatic heterocycles. The van der Waals surface area contributed by atoms with Gasteiger partial charge in [0.05, 0.1) is 5.56 Å². The van der Waals surface area contributed by atoms with Crippen LogP contribution in [-0.4, -0.2) is 22.6 Å². The van der Waals surface area contributed by atoms with Crippen LogP contribution >= 0.6 is 15.9 Å². The maximum Gasteiger partial charge on any atom is 0.335 e. The van der Waals surface area contributed by atoms with E-state index in [2.05, 4.69) is 33.5 Å². The molecule has 0 heterocycles. The molecule has 0 fully saturated rings. The number of rotatable bonds is 5. The van der Waals surface area contributed by atoms with Gasteiger partial charge in [-0.1, -0.05) is 29.3 Å². The zero-order valence-corrected chi connectivity index (χ0v) is 13.4. The number of carbonyl (C=O) groups excluding carboxylic acids is 1. The molecule has 110 valence electrons. The molecule has 0 atom stereocenters. The van der Waals surface area contributed by atoms with Crippen molar-refractivity contribution in [2.75, 3.05) is 5.32 Å². The van der Waals surface area contributed by atoms with Gasteiger partial charge < -0.3 is 15.7 Å². The van der Waals surface area contributed by atoms with Crippen molar-refractivity contribution in [3.8, 4) is 0 Å². The van der Waals surface area contributed by atoms with Crippen molar-refractivity contribution in [3.63, 3.8) is 0 Å². The van der Waals surface area contributed by atoms with Crippen LogP contribution < -0.4 is 10.6 Å². The number of halogens is 1. The number of hydrogen-bond acceptors (Lipinski definition) is 2. The first-order valence-corrected chi connectivity index (χ1v) is 7.16. The largest absolute Gasteiger partial charge is 0.478 e. The van der Waals surface area contributed by atoms with Crippen molar-refractivity contribution >= 4 is 33.6 Å². The summed E-state index contributed by atoms with van der Waals surface area (Å²) in [6.45, 7) is 5.94. The fourth-order valence-corrected chi connectivity index (χ4v) is 2.44. The number of hydrogen-bond donors (Lipinski definition) is 3. The van der Waals surface area contributed by atoms with Crippen LogP contribution in [0.25, 0.3) is 0 Å². The molecular weight excluding hydrogens is 324 g/mol. The van der Waals surface area contributed by atoms with Gasteiger partial charge in [0.25, 0.3) is 0 Å². The Labute approximate surface area is 126 Å². The van der Waals surface area contributed by atoms with E-state index >= 15 is 0 Å². The summed E-state index contributed by atoms with van der Waals surface area (Å²) in [5.74, 6) is -1.04. The van der Waals surface area contributed by atoms with Crippen molar-refractivity contribution in [3.05, 3.63) is 28.2 Å². The smallest absolute Gasteiger partial charge is 0.335 e. The predicted octanol–water partition coefficient (Wildman–Crippen LogP) is 3.85. The Morgan fingerprint density at radius 1 is 1.30 bits per heavy atom. The first-order valence-electron chi connectivity index (χ1n) is 6.36. The predicted molar refractivity (Wildman–Crippen MR) is 82.2 cm³/mol. The molecule has 0 unspecified atom stereocenters. The Morgan fingerprint density at radius 3 is 2.50 bits per heavy atom. The van der Waals surface area contributed by atoms with E-state index in [1.54, 1.807) is 6.07 Å². The van der Waals surface area contributed by atoms with Gasteiger partial charge in [0, 0.05) is 15.7 Å². The fraction of sp³-hybridized carbons (Fsp3) is 0.429. The molecule has 1 aromatic rings. The number of carboxylic acid groups (broad SMARTS) is 1. The van der Waals surface area contributed by atoms with Crippen molar-refractivity contribution in [2.24, 2.45) is 0 Å². The lowest BCUT2D eigenvalue weighted by Gasteiger charge is -2.25. The minimum Gasteiger partial charge on any atom is -0.478 e. The van der Waals surface area contributed by atoms with Crippen molar-refractivity contribution in [1.29, 1.82) is 0 Å². The molecule has 0 aliphatic carbocycles. The maximum atomic E-state index is 11.9. The van der Waals surface area contributed by atoms with Crippen molar-refractivity contribution in [1.82, 2.24) is 5.32 Å². The number of urea groups is 1. The molecule has 6 heteroatoms. The zero-order chi connectivity index (χ0) is 15.3. The third kappa shape index (κ3) is 5.21. The molecule has 0 bridgehead atoms. The Balaban J connectivity index is 2.78. The third-order valence-electron chi connectivity index (χ3n) is 2.73. The SMILES string of the molecule is CCCC(C)(C)NC(=O)Nc1cc(Br)cc(C(=O)O)c1. The Hall–Kier alpha value is -1.56. The van der Waals surface area contributed by atoms with Crippen LogP contribution in [0.4, 0.5) is 10.5 Å². The lowest BCUT2D eigenvalue weighted by atomic mass is 9.99. The molecule has 1 rings (SSSR count). The van der Waals surface area contributed by atoms with Crippen molar-refractivity contribution in [2.45, 2.75) is 39.2 Å². The summed E-state index contributed by atoms with van der Waals surface area (Å²) in [5, 5.41) is 14.5. The van der Waals surface area contributed by atoms with E-state index in [1.165, 1.54) is 12.1 Å². The van der Waals surface area contributed by atoms with E-state index in [0.29, 0.717) is 10.2 Å². The zero-order valence-electron chi connectivity index (χ0n) is 11.8. The number of anilines is 1. The lowest BCUT2D eigenvalue weighted by molar-refractivity contribution is 0.0696. The van der Waals surface area contributed by atoms with Gasteiger partial charge in [0.15, 0.2) is 0 Å². The van der Waals surface area contributed by atoms with Gasteiger partial charge in [-0.05, 0) is 38.5 Å². The normalized spacial score (nSPS) is 11.0. The summed E-state index contributed by atoms with van der Waals surface area (Å²) in [4.78, 5) is 22.9. The molecule has 20 heavy (non-hydrogen) atoms. The van der Waals surface area contributed by atoms with E-state index in [1.807, 2.05) is 13.8 Å². The van der Waals surface area contributed by atoms with Crippen LogP contribution in [0.2, 0.25) is 0 Å². The third-order valence-corrected chi connectivity index (χ3v) is 3.19. The minimum atomic E-state index is -1.04. The highest BCUT2D eigenvalue weighted by Crippen LogP contribution is 2.20. The molecule has 3 N–H and O–H groups in total. The monoisotopic (exact) mass is 342 g/mol. The molecule has 0 aliphatic heterocycles. The molecule has 0 saturated heterocycles. The van der Waals surface area contributed by atoms with Crippen molar-refractivity contribution < 1.29 is 14.7 Å². The summed E-state index contributed by atoms with van der Waals surface area (Å²) < 4.78 is 0.598. The van der Waals surface area contributed by atoms with E-state index < -0.39 is 5.97 Å². The molecule has 5 nitrogen and oxygen atoms in total. The molecule has 0 aliphatic rings. The summed E-state index contributed by atoms with van der Waals surface area (Å²) in [5.41, 5.74) is 0.240. The second kappa shape index (κ2) is 6.74. The fourth-order valence-electron chi connectivity index (χ4n) is 1.94. The second-order valence-electron chi connectivity index (χ2n) is 5.25. The molecular formula is C14H19BrN2O3. The average Bonchev–Trinajstić information content (AvgIpc) is 2.26. The van der Waals surface area contributed by atoms with Crippen LogP contribution in [0.5, 0.6) is 0 Å². The van der Waals surface area contributed by atoms with Crippen LogP contribution in [-0.2, 0) is 0 Å². The topological polar surface area (TPSA) is 78.4 Å². The summed E-state index contributed by atoms with van der Waals surface area (Å²) in [7, 11) is 0. The Morgan fingerprint density at radius 2 is 1.95 bits per heavy atom. The number of carbonyl (C=O) groups is 2. The molecule has 1 aromatic carbocycles. The molecule has 2 amide bonds. The Bertz CT molecular complexity index is 515. The number of nitrogens with one attached hydrogen (secondary N) is 2. The van der Waals surface area contributed by atoms with E-state index in [9.17, 15) is 9.59 Å². The van der Waals surface area contributed by atoms with Gasteiger partial charge in [-0.3, -0.25) is 0 Å². The van der Waals surface area contributed by atoms with Crippen LogP contribution in [0, 0.1) is 0 Å². The number of aromatic carboxylic acids is 1. The van der Waals surface area contributed by atoms with Gasteiger partial charge in [0.1, 0.15) is 0 Å². The minimum absolute atomic E-state index is 0.113. The second-order valence-corrected chi connectivity index (χ2v) is 6.16. The van der Waals surface area contributed by atoms with E-state index in [0.717, 1.165) is 12.8 Å². The number of amides is 2. The molecule has 0 spiro atoms. The van der Waals surface area contributed by atoms with E-state index in [4.69, 9.17) is 5.11 Å². The number of benzene rings is 1. The van der Waals surface area contributed by atoms with E-state index in [-0.39, 0.29) is 17.1 Å². The molecule has 0 saturated carbocycles. The highest BCUT2D eigenvalue weighted by Gasteiger charge is 2.19. The first kappa shape index (κ1) is 16.5. The average molecular weight is 343 g/mol. The van der Waals surface area contributed by atoms with Gasteiger partial charge >= 0.3 is 12.0 Å². The highest BCUT2D eigenvalue weighted by molar-refractivity contribution is 9.10. The summed E-state index contributed by atoms with van der Waals surface area (Å²) >= 11 is 3.22. The van der Waals surface area contributed by atoms with Crippen LogP contribution in [0.3, 0.4) is 0 Å². The maximum absolute atomic E-state index is 11.9. The van der Waals surface area contributed by atoms with Gasteiger partial charge in [-0.15, -0.1) is 0 Å². The van der Waals surface area contributed by atoms with Gasteiger partial charge in [0.2, 0.25) is 0 Å². The number of carboxylic acids is 1. The van der Waals surface area contributed by atoms with Gasteiger partial charge in [-0.25, -0.2) is 9.59 Å². The quantitative estimate of drug-likeness (QED) is 0.760. The van der Waals surface area contributed by atoms with Crippen LogP contribution in [0.1, 0.15) is 44.0 Å². The first-order chi connectivity index (χ1) is 9.23. The standard InChI is InChI=1S/C14H19BrN2O3/c1-4-5-14(2,3)17-13(20)16-11-7-9(12(18)19)6-10(15)8-11/h6-8H,4-5H2,1-3H3,(H,18,19)(H2,16,17,20).